The van der Waals surface area contributed by atoms with Crippen molar-refractivity contribution in [2.75, 3.05) is 19.1 Å². The fourth-order valence-electron chi connectivity index (χ4n) is 2.13. The highest BCUT2D eigenvalue weighted by molar-refractivity contribution is 8.00. The van der Waals surface area contributed by atoms with Gasteiger partial charge in [0.25, 0.3) is 0 Å². The summed E-state index contributed by atoms with van der Waals surface area (Å²) in [6.45, 7) is 0.872. The second kappa shape index (κ2) is 4.05. The normalized spacial score (nSPS) is 17.0. The maximum absolute atomic E-state index is 6.00. The average molecular weight is 264 g/mol. The van der Waals surface area contributed by atoms with Gasteiger partial charge in [-0.15, -0.1) is 0 Å². The van der Waals surface area contributed by atoms with E-state index in [2.05, 4.69) is 16.2 Å². The highest BCUT2D eigenvalue weighted by Gasteiger charge is 2.42. The third kappa shape index (κ3) is 1.80. The standard InChI is InChI=1S/C12H16N4OS/c1-17-9-4-3-8-10(15-9)16(11(13)14-8)7-12(18-2)5-6-12/h3-4H,5-7H2,1-2H3,(H2,13,14). The number of ether oxygens (including phenoxy) is 1. The fourth-order valence-corrected chi connectivity index (χ4v) is 2.89. The van der Waals surface area contributed by atoms with E-state index in [9.17, 15) is 0 Å². The predicted octanol–water partition coefficient (Wildman–Crippen LogP) is 1.92. The monoisotopic (exact) mass is 264 g/mol. The van der Waals surface area contributed by atoms with E-state index in [0.717, 1.165) is 17.7 Å². The number of thioether (sulfide) groups is 1. The molecule has 96 valence electrons. The molecular weight excluding hydrogens is 248 g/mol. The first-order valence-corrected chi connectivity index (χ1v) is 7.12. The second-order valence-corrected chi connectivity index (χ2v) is 5.91. The smallest absolute Gasteiger partial charge is 0.215 e. The molecule has 0 saturated heterocycles. The van der Waals surface area contributed by atoms with Crippen molar-refractivity contribution in [3.63, 3.8) is 0 Å². The molecule has 0 unspecified atom stereocenters. The molecule has 0 bridgehead atoms. The predicted molar refractivity (Wildman–Crippen MR) is 74.0 cm³/mol. The van der Waals surface area contributed by atoms with Gasteiger partial charge in [0.2, 0.25) is 11.8 Å². The van der Waals surface area contributed by atoms with Gasteiger partial charge in [-0.3, -0.25) is 4.57 Å². The van der Waals surface area contributed by atoms with Gasteiger partial charge in [-0.25, -0.2) is 4.98 Å². The molecule has 0 aromatic carbocycles. The Morgan fingerprint density at radius 3 is 2.83 bits per heavy atom. The lowest BCUT2D eigenvalue weighted by Crippen LogP contribution is -2.16. The SMILES string of the molecule is COc1ccc2nc(N)n(CC3(SC)CC3)c2n1. The number of methoxy groups -OCH3 is 1. The Balaban J connectivity index is 2.06. The van der Waals surface area contributed by atoms with E-state index in [-0.39, 0.29) is 0 Å². The zero-order valence-corrected chi connectivity index (χ0v) is 11.3. The third-order valence-electron chi connectivity index (χ3n) is 3.49. The van der Waals surface area contributed by atoms with Gasteiger partial charge in [0.05, 0.1) is 7.11 Å². The molecule has 18 heavy (non-hydrogen) atoms. The Morgan fingerprint density at radius 1 is 1.44 bits per heavy atom. The van der Waals surface area contributed by atoms with Crippen LogP contribution < -0.4 is 10.5 Å². The van der Waals surface area contributed by atoms with Crippen LogP contribution in [0.4, 0.5) is 5.95 Å². The number of anilines is 1. The van der Waals surface area contributed by atoms with Gasteiger partial charge < -0.3 is 10.5 Å². The van der Waals surface area contributed by atoms with Crippen LogP contribution in [0.3, 0.4) is 0 Å². The summed E-state index contributed by atoms with van der Waals surface area (Å²) >= 11 is 1.90. The van der Waals surface area contributed by atoms with Crippen molar-refractivity contribution >= 4 is 28.9 Å². The van der Waals surface area contributed by atoms with Crippen molar-refractivity contribution in [2.24, 2.45) is 0 Å². The Hall–Kier alpha value is -1.43. The molecule has 2 aromatic heterocycles. The fraction of sp³-hybridized carbons (Fsp3) is 0.500. The van der Waals surface area contributed by atoms with Gasteiger partial charge >= 0.3 is 0 Å². The molecule has 0 atom stereocenters. The van der Waals surface area contributed by atoms with Crippen LogP contribution in [0.1, 0.15) is 12.8 Å². The largest absolute Gasteiger partial charge is 0.481 e. The molecule has 3 rings (SSSR count). The van der Waals surface area contributed by atoms with Gasteiger partial charge in [0, 0.05) is 17.4 Å². The summed E-state index contributed by atoms with van der Waals surface area (Å²) < 4.78 is 7.49. The summed E-state index contributed by atoms with van der Waals surface area (Å²) in [5.74, 6) is 1.13. The minimum atomic E-state index is 0.326. The van der Waals surface area contributed by atoms with Crippen LogP contribution in [0.25, 0.3) is 11.2 Å². The number of rotatable bonds is 4. The van der Waals surface area contributed by atoms with Crippen molar-refractivity contribution < 1.29 is 4.74 Å². The van der Waals surface area contributed by atoms with Crippen LogP contribution in [-0.4, -0.2) is 32.6 Å². The van der Waals surface area contributed by atoms with E-state index in [1.54, 1.807) is 13.2 Å². The highest BCUT2D eigenvalue weighted by Crippen LogP contribution is 2.49. The van der Waals surface area contributed by atoms with Crippen LogP contribution in [0.15, 0.2) is 12.1 Å². The van der Waals surface area contributed by atoms with Crippen LogP contribution >= 0.6 is 11.8 Å². The molecule has 5 nitrogen and oxygen atoms in total. The molecule has 2 aromatic rings. The lowest BCUT2D eigenvalue weighted by molar-refractivity contribution is 0.399. The van der Waals surface area contributed by atoms with E-state index >= 15 is 0 Å². The number of nitrogen functional groups attached to an aromatic ring is 1. The van der Waals surface area contributed by atoms with Crippen LogP contribution in [0.5, 0.6) is 5.88 Å². The molecule has 1 saturated carbocycles. The van der Waals surface area contributed by atoms with E-state index in [0.29, 0.717) is 16.6 Å². The lowest BCUT2D eigenvalue weighted by Gasteiger charge is -2.14. The maximum Gasteiger partial charge on any atom is 0.215 e. The zero-order chi connectivity index (χ0) is 12.8. The Labute approximate surface area is 110 Å². The molecule has 0 spiro atoms. The van der Waals surface area contributed by atoms with E-state index in [1.807, 2.05) is 22.4 Å². The number of hydrogen-bond acceptors (Lipinski definition) is 5. The minimum absolute atomic E-state index is 0.326. The number of nitrogens with zero attached hydrogens (tertiary/aromatic N) is 3. The molecule has 1 aliphatic carbocycles. The van der Waals surface area contributed by atoms with Crippen LogP contribution in [0.2, 0.25) is 0 Å². The Kier molecular flexibility index (Phi) is 2.62. The maximum atomic E-state index is 6.00. The molecule has 1 fully saturated rings. The Morgan fingerprint density at radius 2 is 2.22 bits per heavy atom. The average Bonchev–Trinajstić information content (AvgIpc) is 3.10. The van der Waals surface area contributed by atoms with Crippen LogP contribution in [0, 0.1) is 0 Å². The van der Waals surface area contributed by atoms with Crippen molar-refractivity contribution in [2.45, 2.75) is 24.1 Å². The number of aromatic nitrogens is 3. The Bertz CT molecular complexity index is 591. The molecule has 2 heterocycles. The molecule has 1 aliphatic rings. The summed E-state index contributed by atoms with van der Waals surface area (Å²) in [5, 5.41) is 0. The van der Waals surface area contributed by atoms with Crippen LogP contribution in [-0.2, 0) is 6.54 Å². The van der Waals surface area contributed by atoms with Crippen molar-refractivity contribution in [3.8, 4) is 5.88 Å². The van der Waals surface area contributed by atoms with E-state index in [4.69, 9.17) is 10.5 Å². The first-order chi connectivity index (χ1) is 8.67. The highest BCUT2D eigenvalue weighted by atomic mass is 32.2. The first kappa shape index (κ1) is 11.6. The summed E-state index contributed by atoms with van der Waals surface area (Å²) in [6.07, 6.45) is 4.62. The number of hydrogen-bond donors (Lipinski definition) is 1. The van der Waals surface area contributed by atoms with Gasteiger partial charge in [0.15, 0.2) is 5.65 Å². The molecule has 6 heteroatoms. The topological polar surface area (TPSA) is 66.0 Å². The van der Waals surface area contributed by atoms with Gasteiger partial charge in [0.1, 0.15) is 5.52 Å². The molecule has 0 radical (unpaired) electrons. The third-order valence-corrected chi connectivity index (χ3v) is 4.90. The van der Waals surface area contributed by atoms with Crippen molar-refractivity contribution in [1.29, 1.82) is 0 Å². The van der Waals surface area contributed by atoms with E-state index in [1.165, 1.54) is 12.8 Å². The summed E-state index contributed by atoms with van der Waals surface area (Å²) in [4.78, 5) is 8.80. The molecule has 0 amide bonds. The summed E-state index contributed by atoms with van der Waals surface area (Å²) in [7, 11) is 1.61. The minimum Gasteiger partial charge on any atom is -0.481 e. The van der Waals surface area contributed by atoms with E-state index < -0.39 is 0 Å². The summed E-state index contributed by atoms with van der Waals surface area (Å²) in [6, 6.07) is 3.70. The van der Waals surface area contributed by atoms with Crippen molar-refractivity contribution in [1.82, 2.24) is 14.5 Å². The molecule has 0 aliphatic heterocycles. The lowest BCUT2D eigenvalue weighted by atomic mass is 10.4. The van der Waals surface area contributed by atoms with Gasteiger partial charge in [-0.2, -0.15) is 16.7 Å². The molecular formula is C12H16N4OS. The zero-order valence-electron chi connectivity index (χ0n) is 10.5. The number of imidazole rings is 1. The molecule has 2 N–H and O–H groups in total. The first-order valence-electron chi connectivity index (χ1n) is 5.89. The number of fused-ring (bicyclic) bond motifs is 1. The number of pyridine rings is 1. The number of nitrogens with two attached hydrogens (primary N) is 1. The summed E-state index contributed by atoms with van der Waals surface area (Å²) in [5.41, 5.74) is 7.63. The van der Waals surface area contributed by atoms with Crippen molar-refractivity contribution in [3.05, 3.63) is 12.1 Å². The second-order valence-electron chi connectivity index (χ2n) is 4.64. The quantitative estimate of drug-likeness (QED) is 0.914. The van der Waals surface area contributed by atoms with Gasteiger partial charge in [-0.1, -0.05) is 0 Å². The van der Waals surface area contributed by atoms with Gasteiger partial charge in [-0.05, 0) is 25.2 Å².